The largest absolute Gasteiger partial charge is 0.205 e. The summed E-state index contributed by atoms with van der Waals surface area (Å²) in [6.45, 7) is 6.92. The molecule has 0 aliphatic carbocycles. The molecule has 0 bridgehead atoms. The molecular formula is C41H72N2S2+2. The lowest BCUT2D eigenvalue weighted by molar-refractivity contribution is -0.697. The van der Waals surface area contributed by atoms with Crippen molar-refractivity contribution in [1.82, 2.24) is 0 Å². The summed E-state index contributed by atoms with van der Waals surface area (Å²) in [6.07, 6.45) is 44.4. The van der Waals surface area contributed by atoms with E-state index in [-0.39, 0.29) is 0 Å². The van der Waals surface area contributed by atoms with Crippen molar-refractivity contribution in [2.75, 3.05) is 11.5 Å². The van der Waals surface area contributed by atoms with Crippen LogP contribution in [0, 0.1) is 0 Å². The number of aryl methyl sites for hydroxylation is 2. The Labute approximate surface area is 289 Å². The maximum Gasteiger partial charge on any atom is 0.169 e. The fourth-order valence-electron chi connectivity index (χ4n) is 6.09. The molecule has 2 nitrogen and oxygen atoms in total. The molecule has 256 valence electrons. The Kier molecular flexibility index (Phi) is 27.1. The fourth-order valence-corrected chi connectivity index (χ4v) is 7.95. The number of hydrogen-bond donors (Lipinski definition) is 0. The van der Waals surface area contributed by atoms with E-state index in [2.05, 4.69) is 72.0 Å². The van der Waals surface area contributed by atoms with Gasteiger partial charge < -0.3 is 0 Å². The van der Waals surface area contributed by atoms with Crippen LogP contribution in [0.5, 0.6) is 0 Å². The number of nitrogens with zero attached hydrogens (tertiary/aromatic N) is 2. The lowest BCUT2D eigenvalue weighted by atomic mass is 10.1. The zero-order valence-electron chi connectivity index (χ0n) is 29.8. The van der Waals surface area contributed by atoms with Gasteiger partial charge in [0.2, 0.25) is 0 Å². The normalized spacial score (nSPS) is 11.4. The highest BCUT2D eigenvalue weighted by Crippen LogP contribution is 2.21. The first-order valence-electron chi connectivity index (χ1n) is 19.6. The van der Waals surface area contributed by atoms with Crippen LogP contribution in [0.2, 0.25) is 0 Å². The molecule has 0 spiro atoms. The van der Waals surface area contributed by atoms with Gasteiger partial charge in [0, 0.05) is 46.9 Å². The maximum atomic E-state index is 2.37. The number of unbranched alkanes of at least 4 members (excludes halogenated alkanes) is 22. The fraction of sp³-hybridized carbons (Fsp3) is 0.756. The van der Waals surface area contributed by atoms with Crippen molar-refractivity contribution < 1.29 is 9.13 Å². The Morgan fingerprint density at radius 2 is 0.622 bits per heavy atom. The third kappa shape index (κ3) is 23.9. The quantitative estimate of drug-likeness (QED) is 0.0440. The van der Waals surface area contributed by atoms with Crippen LogP contribution in [0.25, 0.3) is 0 Å². The molecule has 0 saturated heterocycles. The molecule has 0 N–H and O–H groups in total. The monoisotopic (exact) mass is 657 g/mol. The standard InChI is InChI=1S/C41H72N2S2/c1-3-5-7-9-11-13-15-17-19-21-23-25-32-42-34-28-40(29-35-42)44-38-27-39-45-41-30-36-43(37-31-41)33-26-24-22-20-18-16-14-12-10-8-6-4-2/h28-31,34-37H,3-27,32-33,38-39H2,1-2H3/q+2. The van der Waals surface area contributed by atoms with E-state index in [4.69, 9.17) is 0 Å². The summed E-state index contributed by atoms with van der Waals surface area (Å²) in [5.74, 6) is 2.39. The predicted octanol–water partition coefficient (Wildman–Crippen LogP) is 12.9. The average Bonchev–Trinajstić information content (AvgIpc) is 3.07. The maximum absolute atomic E-state index is 2.37. The molecule has 2 aromatic rings. The predicted molar refractivity (Wildman–Crippen MR) is 201 cm³/mol. The number of rotatable bonds is 32. The molecule has 45 heavy (non-hydrogen) atoms. The van der Waals surface area contributed by atoms with Gasteiger partial charge in [-0.15, -0.1) is 23.5 Å². The Balaban J connectivity index is 1.39. The SMILES string of the molecule is CCCCCCCCCCCCCC[n+]1ccc(SCCCSc2cc[n+](CCCCCCCCCCCCCC)cc2)cc1. The van der Waals surface area contributed by atoms with E-state index in [0.29, 0.717) is 0 Å². The highest BCUT2D eigenvalue weighted by atomic mass is 32.2. The summed E-state index contributed by atoms with van der Waals surface area (Å²) in [4.78, 5) is 2.81. The molecule has 0 aliphatic rings. The molecule has 0 aliphatic heterocycles. The summed E-state index contributed by atoms with van der Waals surface area (Å²) in [5, 5.41) is 0. The molecule has 2 rings (SSSR count). The molecule has 2 heterocycles. The van der Waals surface area contributed by atoms with Crippen LogP contribution in [0.15, 0.2) is 58.8 Å². The van der Waals surface area contributed by atoms with Crippen molar-refractivity contribution >= 4 is 23.5 Å². The van der Waals surface area contributed by atoms with Crippen molar-refractivity contribution in [3.63, 3.8) is 0 Å². The highest BCUT2D eigenvalue weighted by Gasteiger charge is 2.04. The van der Waals surface area contributed by atoms with E-state index in [1.165, 1.54) is 182 Å². The molecule has 2 aromatic heterocycles. The highest BCUT2D eigenvalue weighted by molar-refractivity contribution is 8.00. The van der Waals surface area contributed by atoms with E-state index < -0.39 is 0 Å². The zero-order valence-corrected chi connectivity index (χ0v) is 31.5. The van der Waals surface area contributed by atoms with Gasteiger partial charge in [-0.1, -0.05) is 142 Å². The van der Waals surface area contributed by atoms with Gasteiger partial charge in [-0.25, -0.2) is 9.13 Å². The van der Waals surface area contributed by atoms with Gasteiger partial charge in [-0.2, -0.15) is 0 Å². The number of pyridine rings is 2. The smallest absolute Gasteiger partial charge is 0.169 e. The summed E-state index contributed by atoms with van der Waals surface area (Å²) >= 11 is 4.01. The molecule has 0 unspecified atom stereocenters. The Bertz CT molecular complexity index is 810. The van der Waals surface area contributed by atoms with Crippen LogP contribution in [-0.4, -0.2) is 11.5 Å². The first kappa shape index (κ1) is 40.2. The third-order valence-corrected chi connectivity index (χ3v) is 11.3. The van der Waals surface area contributed by atoms with Gasteiger partial charge in [0.25, 0.3) is 0 Å². The molecular weight excluding hydrogens is 585 g/mol. The molecule has 0 amide bonds. The minimum Gasteiger partial charge on any atom is -0.205 e. The van der Waals surface area contributed by atoms with Crippen LogP contribution in [0.3, 0.4) is 0 Å². The lowest BCUT2D eigenvalue weighted by Crippen LogP contribution is -2.32. The van der Waals surface area contributed by atoms with Gasteiger partial charge in [0.05, 0.1) is 0 Å². The number of hydrogen-bond acceptors (Lipinski definition) is 2. The lowest BCUT2D eigenvalue weighted by Gasteiger charge is -2.04. The van der Waals surface area contributed by atoms with Crippen LogP contribution < -0.4 is 9.13 Å². The summed E-state index contributed by atoms with van der Waals surface area (Å²) in [5.41, 5.74) is 0. The third-order valence-electron chi connectivity index (χ3n) is 9.09. The van der Waals surface area contributed by atoms with Crippen LogP contribution in [0.1, 0.15) is 174 Å². The Hall–Kier alpha value is -1.00. The van der Waals surface area contributed by atoms with Gasteiger partial charge in [0.1, 0.15) is 13.1 Å². The minimum atomic E-state index is 1.16. The summed E-state index contributed by atoms with van der Waals surface area (Å²) in [7, 11) is 0. The van der Waals surface area contributed by atoms with Crippen molar-refractivity contribution in [2.45, 2.75) is 197 Å². The van der Waals surface area contributed by atoms with Gasteiger partial charge in [0.15, 0.2) is 24.8 Å². The second-order valence-corrected chi connectivity index (χ2v) is 15.7. The second kappa shape index (κ2) is 30.3. The van der Waals surface area contributed by atoms with E-state index in [1.54, 1.807) is 0 Å². The summed E-state index contributed by atoms with van der Waals surface area (Å²) in [6, 6.07) is 9.24. The van der Waals surface area contributed by atoms with Crippen molar-refractivity contribution in [3.05, 3.63) is 49.1 Å². The molecule has 0 saturated carbocycles. The second-order valence-electron chi connectivity index (χ2n) is 13.4. The zero-order chi connectivity index (χ0) is 31.9. The Morgan fingerprint density at radius 3 is 0.911 bits per heavy atom. The van der Waals surface area contributed by atoms with E-state index in [1.807, 2.05) is 23.5 Å². The van der Waals surface area contributed by atoms with Crippen LogP contribution in [0.4, 0.5) is 0 Å². The Morgan fingerprint density at radius 1 is 0.356 bits per heavy atom. The molecule has 0 radical (unpaired) electrons. The molecule has 4 heteroatoms. The van der Waals surface area contributed by atoms with Gasteiger partial charge in [-0.05, 0) is 30.8 Å². The molecule has 0 fully saturated rings. The molecule has 0 aromatic carbocycles. The first-order valence-corrected chi connectivity index (χ1v) is 21.5. The molecule has 0 atom stereocenters. The van der Waals surface area contributed by atoms with Gasteiger partial charge >= 0.3 is 0 Å². The van der Waals surface area contributed by atoms with Crippen molar-refractivity contribution in [3.8, 4) is 0 Å². The van der Waals surface area contributed by atoms with Crippen molar-refractivity contribution in [2.24, 2.45) is 0 Å². The van der Waals surface area contributed by atoms with Crippen LogP contribution in [-0.2, 0) is 13.1 Å². The van der Waals surface area contributed by atoms with E-state index >= 15 is 0 Å². The van der Waals surface area contributed by atoms with E-state index in [0.717, 1.165) is 13.1 Å². The number of thioether (sulfide) groups is 2. The van der Waals surface area contributed by atoms with Crippen LogP contribution >= 0.6 is 23.5 Å². The van der Waals surface area contributed by atoms with Gasteiger partial charge in [-0.3, -0.25) is 0 Å². The van der Waals surface area contributed by atoms with E-state index in [9.17, 15) is 0 Å². The summed E-state index contributed by atoms with van der Waals surface area (Å²) < 4.78 is 4.74. The minimum absolute atomic E-state index is 1.16. The number of aromatic nitrogens is 2. The first-order chi connectivity index (χ1) is 22.3. The van der Waals surface area contributed by atoms with Crippen molar-refractivity contribution in [1.29, 1.82) is 0 Å². The average molecular weight is 657 g/mol. The topological polar surface area (TPSA) is 7.76 Å².